The van der Waals surface area contributed by atoms with Crippen LogP contribution < -0.4 is 11.1 Å². The molecule has 1 aliphatic heterocycles. The van der Waals surface area contributed by atoms with E-state index in [-0.39, 0.29) is 0 Å². The molecule has 0 amide bonds. The normalized spacial score (nSPS) is 41.2. The molecule has 0 spiro atoms. The van der Waals surface area contributed by atoms with Crippen molar-refractivity contribution in [3.05, 3.63) is 0 Å². The van der Waals surface area contributed by atoms with Crippen molar-refractivity contribution in [3.8, 4) is 0 Å². The minimum Gasteiger partial charge on any atom is -0.378 e. The first-order valence-corrected chi connectivity index (χ1v) is 6.33. The van der Waals surface area contributed by atoms with Crippen LogP contribution in [0.3, 0.4) is 0 Å². The van der Waals surface area contributed by atoms with E-state index >= 15 is 0 Å². The summed E-state index contributed by atoms with van der Waals surface area (Å²) in [4.78, 5) is 0. The maximum absolute atomic E-state index is 5.89. The summed E-state index contributed by atoms with van der Waals surface area (Å²) in [5.41, 5.74) is 5.89. The maximum Gasteiger partial charge on any atom is 0.0588 e. The second-order valence-electron chi connectivity index (χ2n) is 5.22. The molecule has 4 atom stereocenters. The van der Waals surface area contributed by atoms with Crippen LogP contribution in [0.25, 0.3) is 0 Å². The first-order valence-electron chi connectivity index (χ1n) is 6.33. The second-order valence-corrected chi connectivity index (χ2v) is 5.22. The van der Waals surface area contributed by atoms with E-state index in [9.17, 15) is 0 Å². The van der Waals surface area contributed by atoms with Gasteiger partial charge in [-0.3, -0.25) is 0 Å². The van der Waals surface area contributed by atoms with E-state index in [2.05, 4.69) is 12.2 Å². The van der Waals surface area contributed by atoms with Crippen molar-refractivity contribution in [2.24, 2.45) is 17.6 Å². The van der Waals surface area contributed by atoms with Crippen molar-refractivity contribution in [3.63, 3.8) is 0 Å². The summed E-state index contributed by atoms with van der Waals surface area (Å²) in [5, 5.41) is 3.58. The van der Waals surface area contributed by atoms with Crippen molar-refractivity contribution < 1.29 is 4.74 Å². The van der Waals surface area contributed by atoms with Gasteiger partial charge >= 0.3 is 0 Å². The van der Waals surface area contributed by atoms with Crippen LogP contribution in [-0.2, 0) is 4.74 Å². The highest BCUT2D eigenvalue weighted by Crippen LogP contribution is 2.24. The Bertz CT molecular complexity index is 198. The molecule has 0 aromatic rings. The van der Waals surface area contributed by atoms with Gasteiger partial charge in [-0.25, -0.2) is 0 Å². The monoisotopic (exact) mass is 212 g/mol. The van der Waals surface area contributed by atoms with Gasteiger partial charge in [0.2, 0.25) is 0 Å². The Kier molecular flexibility index (Phi) is 4.00. The van der Waals surface area contributed by atoms with E-state index in [1.165, 1.54) is 25.7 Å². The molecule has 2 rings (SSSR count). The fraction of sp³-hybridized carbons (Fsp3) is 1.00. The fourth-order valence-corrected chi connectivity index (χ4v) is 2.82. The zero-order valence-electron chi connectivity index (χ0n) is 9.74. The van der Waals surface area contributed by atoms with Crippen molar-refractivity contribution >= 4 is 0 Å². The van der Waals surface area contributed by atoms with Gasteiger partial charge in [0.15, 0.2) is 0 Å². The van der Waals surface area contributed by atoms with E-state index in [1.807, 2.05) is 0 Å². The van der Waals surface area contributed by atoms with E-state index in [4.69, 9.17) is 10.5 Å². The first-order chi connectivity index (χ1) is 7.25. The number of nitrogens with two attached hydrogens (primary N) is 1. The third kappa shape index (κ3) is 3.16. The van der Waals surface area contributed by atoms with E-state index < -0.39 is 0 Å². The zero-order chi connectivity index (χ0) is 10.7. The van der Waals surface area contributed by atoms with Crippen molar-refractivity contribution in [1.29, 1.82) is 0 Å². The Balaban J connectivity index is 1.58. The minimum absolute atomic E-state index is 0.448. The van der Waals surface area contributed by atoms with Gasteiger partial charge in [-0.1, -0.05) is 0 Å². The Morgan fingerprint density at radius 1 is 1.27 bits per heavy atom. The molecule has 2 aliphatic rings. The summed E-state index contributed by atoms with van der Waals surface area (Å²) in [7, 11) is 0. The molecule has 3 heteroatoms. The molecule has 2 fully saturated rings. The number of ether oxygens (including phenoxy) is 1. The standard InChI is InChI=1S/C12H24N2O/c1-9-11(4-5-15-9)8-14-7-10-2-3-12(13)6-10/h9-12,14H,2-8,13H2,1H3. The molecular formula is C12H24N2O. The van der Waals surface area contributed by atoms with Gasteiger partial charge in [0, 0.05) is 19.2 Å². The van der Waals surface area contributed by atoms with Gasteiger partial charge in [0.25, 0.3) is 0 Å². The quantitative estimate of drug-likeness (QED) is 0.734. The molecule has 0 radical (unpaired) electrons. The van der Waals surface area contributed by atoms with Crippen LogP contribution in [-0.4, -0.2) is 31.8 Å². The van der Waals surface area contributed by atoms with Crippen LogP contribution in [0.15, 0.2) is 0 Å². The molecule has 1 saturated carbocycles. The Morgan fingerprint density at radius 2 is 2.13 bits per heavy atom. The topological polar surface area (TPSA) is 47.3 Å². The zero-order valence-corrected chi connectivity index (χ0v) is 9.74. The molecule has 88 valence electrons. The Hall–Kier alpha value is -0.120. The lowest BCUT2D eigenvalue weighted by molar-refractivity contribution is 0.105. The average molecular weight is 212 g/mol. The number of hydrogen-bond donors (Lipinski definition) is 2. The van der Waals surface area contributed by atoms with Crippen molar-refractivity contribution in [2.45, 2.75) is 44.8 Å². The van der Waals surface area contributed by atoms with Crippen molar-refractivity contribution in [1.82, 2.24) is 5.32 Å². The van der Waals surface area contributed by atoms with Gasteiger partial charge in [0.05, 0.1) is 6.10 Å². The van der Waals surface area contributed by atoms with E-state index in [0.29, 0.717) is 12.1 Å². The Morgan fingerprint density at radius 3 is 2.73 bits per heavy atom. The number of hydrogen-bond acceptors (Lipinski definition) is 3. The molecule has 1 heterocycles. The molecule has 4 unspecified atom stereocenters. The number of rotatable bonds is 4. The first kappa shape index (κ1) is 11.4. The largest absolute Gasteiger partial charge is 0.378 e. The smallest absolute Gasteiger partial charge is 0.0588 e. The molecular weight excluding hydrogens is 188 g/mol. The van der Waals surface area contributed by atoms with Gasteiger partial charge in [-0.15, -0.1) is 0 Å². The highest BCUT2D eigenvalue weighted by Gasteiger charge is 2.25. The van der Waals surface area contributed by atoms with Crippen LogP contribution in [0.5, 0.6) is 0 Å². The van der Waals surface area contributed by atoms with E-state index in [1.54, 1.807) is 0 Å². The van der Waals surface area contributed by atoms with E-state index in [0.717, 1.165) is 31.5 Å². The summed E-state index contributed by atoms with van der Waals surface area (Å²) in [5.74, 6) is 1.54. The predicted octanol–water partition coefficient (Wildman–Crippen LogP) is 1.13. The number of nitrogens with one attached hydrogen (secondary N) is 1. The lowest BCUT2D eigenvalue weighted by Gasteiger charge is -2.17. The van der Waals surface area contributed by atoms with Crippen LogP contribution in [0.4, 0.5) is 0 Å². The summed E-state index contributed by atoms with van der Waals surface area (Å²) in [6.45, 7) is 5.40. The molecule has 0 aromatic heterocycles. The van der Waals surface area contributed by atoms with Gasteiger partial charge in [-0.2, -0.15) is 0 Å². The summed E-state index contributed by atoms with van der Waals surface area (Å²) in [6.07, 6.45) is 5.41. The van der Waals surface area contributed by atoms with Crippen molar-refractivity contribution in [2.75, 3.05) is 19.7 Å². The van der Waals surface area contributed by atoms with Gasteiger partial charge in [0.1, 0.15) is 0 Å². The molecule has 3 nitrogen and oxygen atoms in total. The van der Waals surface area contributed by atoms with Crippen LogP contribution >= 0.6 is 0 Å². The van der Waals surface area contributed by atoms with Crippen LogP contribution in [0.1, 0.15) is 32.6 Å². The molecule has 1 aliphatic carbocycles. The second kappa shape index (κ2) is 5.28. The van der Waals surface area contributed by atoms with Crippen LogP contribution in [0, 0.1) is 11.8 Å². The lowest BCUT2D eigenvalue weighted by Crippen LogP contribution is -2.30. The fourth-order valence-electron chi connectivity index (χ4n) is 2.82. The third-order valence-corrected chi connectivity index (χ3v) is 3.95. The Labute approximate surface area is 92.7 Å². The highest BCUT2D eigenvalue weighted by molar-refractivity contribution is 4.80. The van der Waals surface area contributed by atoms with Gasteiger partial charge in [-0.05, 0) is 51.0 Å². The SMILES string of the molecule is CC1OCCC1CNCC1CCC(N)C1. The van der Waals surface area contributed by atoms with Gasteiger partial charge < -0.3 is 15.8 Å². The average Bonchev–Trinajstić information content (AvgIpc) is 2.77. The highest BCUT2D eigenvalue weighted by atomic mass is 16.5. The molecule has 1 saturated heterocycles. The third-order valence-electron chi connectivity index (χ3n) is 3.95. The summed E-state index contributed by atoms with van der Waals surface area (Å²) in [6, 6.07) is 0.463. The van der Waals surface area contributed by atoms with Crippen LogP contribution in [0.2, 0.25) is 0 Å². The summed E-state index contributed by atoms with van der Waals surface area (Å²) < 4.78 is 5.55. The molecule has 0 bridgehead atoms. The molecule has 15 heavy (non-hydrogen) atoms. The minimum atomic E-state index is 0.448. The molecule has 0 aromatic carbocycles. The molecule has 3 N–H and O–H groups in total. The predicted molar refractivity (Wildman–Crippen MR) is 61.7 cm³/mol. The maximum atomic E-state index is 5.89. The summed E-state index contributed by atoms with van der Waals surface area (Å²) >= 11 is 0. The lowest BCUT2D eigenvalue weighted by atomic mass is 10.0.